The molecule has 0 radical (unpaired) electrons. The SMILES string of the molecule is C=P(C)(C)CC[C@H]1C[C@@H](n2cnc3c(=O)[nH]c(C)nc32)[C@H](Br)[C@@H]1O. The Kier molecular flexibility index (Phi) is 4.80. The molecule has 1 aliphatic carbocycles. The molecule has 132 valence electrons. The van der Waals surface area contributed by atoms with Gasteiger partial charge in [-0.3, -0.25) is 4.79 Å². The lowest BCUT2D eigenvalue weighted by atomic mass is 10.0. The van der Waals surface area contributed by atoms with Crippen LogP contribution in [0.25, 0.3) is 11.2 Å². The second kappa shape index (κ2) is 6.43. The molecule has 0 amide bonds. The summed E-state index contributed by atoms with van der Waals surface area (Å²) >= 11 is 3.66. The quantitative estimate of drug-likeness (QED) is 0.593. The van der Waals surface area contributed by atoms with E-state index in [1.165, 1.54) is 0 Å². The molecule has 8 heteroatoms. The zero-order valence-electron chi connectivity index (χ0n) is 14.2. The van der Waals surface area contributed by atoms with Gasteiger partial charge in [0.05, 0.1) is 23.3 Å². The zero-order chi connectivity index (χ0) is 17.6. The molecular weight excluding hydrogens is 391 g/mol. The Labute approximate surface area is 149 Å². The first-order valence-electron chi connectivity index (χ1n) is 8.10. The summed E-state index contributed by atoms with van der Waals surface area (Å²) in [6.07, 6.45) is 8.40. The summed E-state index contributed by atoms with van der Waals surface area (Å²) in [5, 5.41) is 10.6. The standard InChI is InChI=1S/C16H24BrN4O2P/c1-9-19-15-13(16(23)20-9)18-8-21(15)11-7-10(14(22)12(11)17)5-6-24(2,3)4/h8,10-12,14,22H,2,5-7H2,1,3-4H3,(H,19,20,23)/t10-,11+,12-,14+/m0/s1. The first kappa shape index (κ1) is 17.9. The largest absolute Gasteiger partial charge is 0.392 e. The summed E-state index contributed by atoms with van der Waals surface area (Å²) in [5.41, 5.74) is 0.715. The molecule has 0 aromatic carbocycles. The van der Waals surface area contributed by atoms with Crippen LogP contribution in [0, 0.1) is 12.8 Å². The van der Waals surface area contributed by atoms with E-state index >= 15 is 0 Å². The van der Waals surface area contributed by atoms with Gasteiger partial charge in [0.1, 0.15) is 5.82 Å². The van der Waals surface area contributed by atoms with E-state index in [-0.39, 0.29) is 22.3 Å². The summed E-state index contributed by atoms with van der Waals surface area (Å²) < 4.78 is 1.94. The first-order valence-corrected chi connectivity index (χ1v) is 12.1. The molecule has 1 fully saturated rings. The highest BCUT2D eigenvalue weighted by molar-refractivity contribution is 9.09. The molecule has 2 aromatic rings. The van der Waals surface area contributed by atoms with Crippen LogP contribution in [0.15, 0.2) is 11.1 Å². The molecule has 2 aromatic heterocycles. The fraction of sp³-hybridized carbons (Fsp3) is 0.625. The minimum absolute atomic E-state index is 0.0370. The first-order chi connectivity index (χ1) is 11.2. The Balaban J connectivity index is 1.90. The Morgan fingerprint density at radius 3 is 2.92 bits per heavy atom. The molecule has 24 heavy (non-hydrogen) atoms. The van der Waals surface area contributed by atoms with Gasteiger partial charge < -0.3 is 14.7 Å². The molecule has 1 saturated carbocycles. The van der Waals surface area contributed by atoms with Crippen molar-refractivity contribution in [2.24, 2.45) is 5.92 Å². The van der Waals surface area contributed by atoms with Gasteiger partial charge in [0.15, 0.2) is 11.2 Å². The number of aryl methyl sites for hydroxylation is 1. The van der Waals surface area contributed by atoms with E-state index in [1.807, 2.05) is 4.57 Å². The van der Waals surface area contributed by atoms with Crippen LogP contribution in [0.3, 0.4) is 0 Å². The van der Waals surface area contributed by atoms with Crippen molar-refractivity contribution in [2.75, 3.05) is 19.5 Å². The van der Waals surface area contributed by atoms with Gasteiger partial charge in [-0.2, -0.15) is 0 Å². The van der Waals surface area contributed by atoms with Crippen molar-refractivity contribution in [1.82, 2.24) is 19.5 Å². The van der Waals surface area contributed by atoms with Gasteiger partial charge in [-0.25, -0.2) is 9.97 Å². The van der Waals surface area contributed by atoms with Crippen molar-refractivity contribution in [2.45, 2.75) is 36.7 Å². The zero-order valence-corrected chi connectivity index (χ0v) is 16.7. The second-order valence-corrected chi connectivity index (χ2v) is 12.8. The number of fused-ring (bicyclic) bond motifs is 1. The molecule has 0 aliphatic heterocycles. The predicted octanol–water partition coefficient (Wildman–Crippen LogP) is 2.21. The molecule has 0 spiro atoms. The van der Waals surface area contributed by atoms with Gasteiger partial charge in [-0.05, 0) is 45.2 Å². The van der Waals surface area contributed by atoms with Gasteiger partial charge in [0, 0.05) is 0 Å². The van der Waals surface area contributed by atoms with Crippen molar-refractivity contribution in [3.05, 3.63) is 22.5 Å². The average Bonchev–Trinajstić information content (AvgIpc) is 3.00. The van der Waals surface area contributed by atoms with Crippen molar-refractivity contribution >= 4 is 40.3 Å². The molecule has 0 bridgehead atoms. The number of halogens is 1. The van der Waals surface area contributed by atoms with E-state index in [0.717, 1.165) is 19.0 Å². The molecular formula is C16H24BrN4O2P. The number of aliphatic hydroxyl groups excluding tert-OH is 1. The lowest BCUT2D eigenvalue weighted by Crippen LogP contribution is -2.25. The second-order valence-electron chi connectivity index (χ2n) is 7.42. The van der Waals surface area contributed by atoms with Crippen LogP contribution in [0.2, 0.25) is 0 Å². The van der Waals surface area contributed by atoms with E-state index in [9.17, 15) is 9.90 Å². The molecule has 1 aliphatic rings. The van der Waals surface area contributed by atoms with E-state index < -0.39 is 13.0 Å². The molecule has 4 atom stereocenters. The maximum absolute atomic E-state index is 12.0. The molecule has 2 N–H and O–H groups in total. The van der Waals surface area contributed by atoms with Crippen LogP contribution in [0.1, 0.15) is 24.7 Å². The lowest BCUT2D eigenvalue weighted by Gasteiger charge is -2.19. The number of nitrogens with zero attached hydrogens (tertiary/aromatic N) is 3. The van der Waals surface area contributed by atoms with Gasteiger partial charge in [0.2, 0.25) is 0 Å². The van der Waals surface area contributed by atoms with Crippen molar-refractivity contribution in [3.8, 4) is 0 Å². The number of H-pyrrole nitrogens is 1. The fourth-order valence-electron chi connectivity index (χ4n) is 3.42. The van der Waals surface area contributed by atoms with Crippen molar-refractivity contribution < 1.29 is 5.11 Å². The van der Waals surface area contributed by atoms with E-state index in [0.29, 0.717) is 17.0 Å². The number of alkyl halides is 1. The van der Waals surface area contributed by atoms with Crippen LogP contribution < -0.4 is 5.56 Å². The molecule has 2 heterocycles. The maximum atomic E-state index is 12.0. The average molecular weight is 415 g/mol. The number of nitrogens with one attached hydrogen (secondary N) is 1. The van der Waals surface area contributed by atoms with Crippen molar-refractivity contribution in [1.29, 1.82) is 0 Å². The molecule has 0 unspecified atom stereocenters. The molecule has 6 nitrogen and oxygen atoms in total. The fourth-order valence-corrected chi connectivity index (χ4v) is 5.35. The van der Waals surface area contributed by atoms with Crippen molar-refractivity contribution in [3.63, 3.8) is 0 Å². The Bertz CT molecular complexity index is 855. The molecule has 0 saturated heterocycles. The number of aromatic amines is 1. The van der Waals surface area contributed by atoms with Gasteiger partial charge in [-0.1, -0.05) is 15.9 Å². The summed E-state index contributed by atoms with van der Waals surface area (Å²) in [6, 6.07) is 0.0370. The van der Waals surface area contributed by atoms with Crippen LogP contribution >= 0.6 is 22.8 Å². The highest BCUT2D eigenvalue weighted by atomic mass is 79.9. The normalized spacial score (nSPS) is 27.9. The third-order valence-electron chi connectivity index (χ3n) is 4.73. The van der Waals surface area contributed by atoms with Crippen LogP contribution in [-0.4, -0.2) is 61.3 Å². The van der Waals surface area contributed by atoms with Gasteiger partial charge in [0.25, 0.3) is 5.56 Å². The Hall–Kier alpha value is -0.910. The topological polar surface area (TPSA) is 83.8 Å². The lowest BCUT2D eigenvalue weighted by molar-refractivity contribution is 0.136. The summed E-state index contributed by atoms with van der Waals surface area (Å²) in [7, 11) is 0. The van der Waals surface area contributed by atoms with Crippen LogP contribution in [0.5, 0.6) is 0 Å². The van der Waals surface area contributed by atoms with Crippen LogP contribution in [0.4, 0.5) is 0 Å². The summed E-state index contributed by atoms with van der Waals surface area (Å²) in [6.45, 7) is 5.10. The highest BCUT2D eigenvalue weighted by Gasteiger charge is 2.42. The number of hydrogen-bond donors (Lipinski definition) is 2. The maximum Gasteiger partial charge on any atom is 0.279 e. The summed E-state index contributed by atoms with van der Waals surface area (Å²) in [5.74, 6) is 0.792. The minimum Gasteiger partial charge on any atom is -0.392 e. The smallest absolute Gasteiger partial charge is 0.279 e. The van der Waals surface area contributed by atoms with Gasteiger partial charge in [-0.15, -0.1) is 13.2 Å². The number of rotatable bonds is 4. The molecule has 3 rings (SSSR count). The summed E-state index contributed by atoms with van der Waals surface area (Å²) in [4.78, 5) is 23.3. The number of aliphatic hydroxyl groups is 1. The van der Waals surface area contributed by atoms with E-state index in [4.69, 9.17) is 0 Å². The Morgan fingerprint density at radius 2 is 2.25 bits per heavy atom. The van der Waals surface area contributed by atoms with Gasteiger partial charge >= 0.3 is 0 Å². The third kappa shape index (κ3) is 3.39. The van der Waals surface area contributed by atoms with E-state index in [1.54, 1.807) is 13.3 Å². The number of aromatic nitrogens is 4. The Morgan fingerprint density at radius 1 is 1.54 bits per heavy atom. The number of hydrogen-bond acceptors (Lipinski definition) is 4. The minimum atomic E-state index is -1.10. The highest BCUT2D eigenvalue weighted by Crippen LogP contribution is 2.45. The van der Waals surface area contributed by atoms with Crippen LogP contribution in [-0.2, 0) is 0 Å². The number of imidazole rings is 1. The van der Waals surface area contributed by atoms with E-state index in [2.05, 4.69) is 50.5 Å². The third-order valence-corrected chi connectivity index (χ3v) is 7.36. The monoisotopic (exact) mass is 414 g/mol. The predicted molar refractivity (Wildman–Crippen MR) is 104 cm³/mol.